The van der Waals surface area contributed by atoms with Gasteiger partial charge in [0.05, 0.1) is 18.4 Å². The Morgan fingerprint density at radius 3 is 2.56 bits per heavy atom. The van der Waals surface area contributed by atoms with Crippen molar-refractivity contribution in [2.24, 2.45) is 0 Å². The molecule has 0 radical (unpaired) electrons. The Balaban J connectivity index is 1.12. The number of fused-ring (bicyclic) bond motifs is 2. The van der Waals surface area contributed by atoms with Crippen molar-refractivity contribution in [2.45, 2.75) is 58.4 Å². The number of anilines is 1. The Labute approximate surface area is 242 Å². The molecule has 0 saturated carbocycles. The maximum Gasteiger partial charge on any atom is 0.393 e. The summed E-state index contributed by atoms with van der Waals surface area (Å²) in [6.45, 7) is 7.12. The van der Waals surface area contributed by atoms with Crippen molar-refractivity contribution in [1.82, 2.24) is 29.6 Å². The van der Waals surface area contributed by atoms with Gasteiger partial charge < -0.3 is 9.88 Å². The summed E-state index contributed by atoms with van der Waals surface area (Å²) in [5.41, 5.74) is 4.02. The Hall–Kier alpha value is -3.60. The zero-order valence-electron chi connectivity index (χ0n) is 22.5. The number of aromatic nitrogens is 5. The average Bonchev–Trinajstić information content (AvgIpc) is 3.63. The molecular weight excluding hydrogens is 569 g/mol. The van der Waals surface area contributed by atoms with Gasteiger partial charge in [-0.05, 0) is 56.0 Å². The van der Waals surface area contributed by atoms with Gasteiger partial charge in [-0.1, -0.05) is 17.4 Å². The topological polar surface area (TPSA) is 95.5 Å². The maximum absolute atomic E-state index is 12.9. The van der Waals surface area contributed by atoms with Crippen LogP contribution in [0.15, 0.2) is 30.6 Å². The van der Waals surface area contributed by atoms with E-state index in [1.54, 1.807) is 6.07 Å². The highest BCUT2D eigenvalue weighted by atomic mass is 32.1. The number of rotatable bonds is 7. The maximum atomic E-state index is 12.9. The van der Waals surface area contributed by atoms with E-state index in [0.717, 1.165) is 64.7 Å². The normalized spacial score (nSPS) is 15.1. The van der Waals surface area contributed by atoms with Crippen molar-refractivity contribution in [1.29, 1.82) is 5.26 Å². The minimum absolute atomic E-state index is 0.176. The summed E-state index contributed by atoms with van der Waals surface area (Å²) >= 11 is 2.60. The molecule has 212 valence electrons. The van der Waals surface area contributed by atoms with Crippen molar-refractivity contribution in [3.8, 4) is 6.07 Å². The Morgan fingerprint density at radius 2 is 1.85 bits per heavy atom. The third-order valence-electron chi connectivity index (χ3n) is 7.52. The van der Waals surface area contributed by atoms with Crippen LogP contribution in [0, 0.1) is 25.2 Å². The van der Waals surface area contributed by atoms with Gasteiger partial charge in [-0.2, -0.15) is 18.4 Å². The lowest BCUT2D eigenvalue weighted by Gasteiger charge is -2.33. The summed E-state index contributed by atoms with van der Waals surface area (Å²) in [7, 11) is 0. The van der Waals surface area contributed by atoms with Gasteiger partial charge >= 0.3 is 6.18 Å². The fourth-order valence-electron chi connectivity index (χ4n) is 5.47. The van der Waals surface area contributed by atoms with E-state index >= 15 is 0 Å². The van der Waals surface area contributed by atoms with Crippen LogP contribution < -0.4 is 5.32 Å². The van der Waals surface area contributed by atoms with E-state index in [2.05, 4.69) is 55.5 Å². The third kappa shape index (κ3) is 5.91. The van der Waals surface area contributed by atoms with Crippen molar-refractivity contribution in [2.75, 3.05) is 18.4 Å². The number of nitrogens with one attached hydrogen (secondary N) is 1. The smallest absolute Gasteiger partial charge is 0.367 e. The van der Waals surface area contributed by atoms with Crippen molar-refractivity contribution in [3.05, 3.63) is 62.3 Å². The van der Waals surface area contributed by atoms with Crippen LogP contribution in [-0.2, 0) is 19.5 Å². The van der Waals surface area contributed by atoms with Gasteiger partial charge in [0.15, 0.2) is 0 Å². The molecule has 1 aliphatic rings. The SMILES string of the molecule is Cc1nnc(Cn2c(C#N)cc3c(C)c(CN4CCC(Nc5ncnc6sc(CC(F)(F)F)cc56)CC4)ccc32)s1. The lowest BCUT2D eigenvalue weighted by molar-refractivity contribution is -0.126. The number of benzene rings is 1. The number of halogens is 3. The van der Waals surface area contributed by atoms with E-state index in [1.807, 2.05) is 17.6 Å². The molecular formula is C28H27F3N8S2. The van der Waals surface area contributed by atoms with E-state index in [0.29, 0.717) is 28.3 Å². The number of alkyl halides is 3. The monoisotopic (exact) mass is 596 g/mol. The number of thiophene rings is 1. The fraction of sp³-hybridized carbons (Fsp3) is 0.393. The van der Waals surface area contributed by atoms with Crippen LogP contribution in [0.1, 0.15) is 44.6 Å². The van der Waals surface area contributed by atoms with Crippen LogP contribution in [0.25, 0.3) is 21.1 Å². The summed E-state index contributed by atoms with van der Waals surface area (Å²) in [5, 5.41) is 25.1. The predicted octanol–water partition coefficient (Wildman–Crippen LogP) is 6.22. The lowest BCUT2D eigenvalue weighted by Crippen LogP contribution is -2.39. The Morgan fingerprint density at radius 1 is 1.05 bits per heavy atom. The molecule has 0 atom stereocenters. The molecule has 8 nitrogen and oxygen atoms in total. The van der Waals surface area contributed by atoms with E-state index in [-0.39, 0.29) is 10.9 Å². The fourth-order valence-corrected chi connectivity index (χ4v) is 7.19. The summed E-state index contributed by atoms with van der Waals surface area (Å²) in [5.74, 6) is 0.598. The van der Waals surface area contributed by atoms with Crippen LogP contribution >= 0.6 is 22.7 Å². The Kier molecular flexibility index (Phi) is 7.39. The third-order valence-corrected chi connectivity index (χ3v) is 9.39. The van der Waals surface area contributed by atoms with E-state index in [4.69, 9.17) is 0 Å². The first kappa shape index (κ1) is 27.6. The molecule has 4 aromatic heterocycles. The Bertz CT molecular complexity index is 1760. The van der Waals surface area contributed by atoms with Crippen LogP contribution in [-0.4, -0.2) is 54.9 Å². The molecule has 0 aliphatic carbocycles. The summed E-state index contributed by atoms with van der Waals surface area (Å²) in [6, 6.07) is 10.3. The molecule has 13 heteroatoms. The second-order valence-corrected chi connectivity index (χ2v) is 12.7. The van der Waals surface area contributed by atoms with Gasteiger partial charge in [-0.15, -0.1) is 21.5 Å². The highest BCUT2D eigenvalue weighted by Crippen LogP contribution is 2.33. The second kappa shape index (κ2) is 11.0. The van der Waals surface area contributed by atoms with Crippen LogP contribution in [0.5, 0.6) is 0 Å². The van der Waals surface area contributed by atoms with Crippen LogP contribution in [0.2, 0.25) is 0 Å². The molecule has 1 aromatic carbocycles. The molecule has 0 unspecified atom stereocenters. The van der Waals surface area contributed by atoms with Gasteiger partial charge in [0.1, 0.15) is 38.8 Å². The molecule has 1 aliphatic heterocycles. The van der Waals surface area contributed by atoms with Crippen molar-refractivity contribution < 1.29 is 13.2 Å². The number of nitrogens with zero attached hydrogens (tertiary/aromatic N) is 7. The molecule has 0 amide bonds. The highest BCUT2D eigenvalue weighted by Gasteiger charge is 2.29. The standard InChI is InChI=1S/C28H27F3N8S2/c1-16-18(3-4-24-22(16)9-20(12-32)39(24)14-25-37-36-17(2)40-25)13-38-7-5-19(6-8-38)35-26-23-10-21(11-28(29,30)31)41-27(23)34-15-33-26/h3-4,9-10,15,19H,5-8,11,13-14H2,1-2H3,(H,33,34,35). The number of piperidine rings is 1. The largest absolute Gasteiger partial charge is 0.393 e. The average molecular weight is 597 g/mol. The molecule has 1 fully saturated rings. The van der Waals surface area contributed by atoms with Crippen LogP contribution in [0.4, 0.5) is 19.0 Å². The van der Waals surface area contributed by atoms with Crippen molar-refractivity contribution in [3.63, 3.8) is 0 Å². The first-order valence-corrected chi connectivity index (χ1v) is 14.9. The summed E-state index contributed by atoms with van der Waals surface area (Å²) in [6.07, 6.45) is -2.02. The van der Waals surface area contributed by atoms with Gasteiger partial charge in [0.2, 0.25) is 0 Å². The summed E-state index contributed by atoms with van der Waals surface area (Å²) in [4.78, 5) is 11.7. The number of aryl methyl sites for hydroxylation is 2. The summed E-state index contributed by atoms with van der Waals surface area (Å²) < 4.78 is 40.7. The van der Waals surface area contributed by atoms with Gasteiger partial charge in [0.25, 0.3) is 0 Å². The first-order chi connectivity index (χ1) is 19.7. The lowest BCUT2D eigenvalue weighted by atomic mass is 10.0. The molecule has 1 N–H and O–H groups in total. The van der Waals surface area contributed by atoms with Gasteiger partial charge in [0, 0.05) is 41.5 Å². The quantitative estimate of drug-likeness (QED) is 0.239. The second-order valence-electron chi connectivity index (χ2n) is 10.4. The van der Waals surface area contributed by atoms with E-state index in [9.17, 15) is 18.4 Å². The minimum atomic E-state index is -4.25. The molecule has 5 aromatic rings. The first-order valence-electron chi connectivity index (χ1n) is 13.3. The zero-order chi connectivity index (χ0) is 28.7. The number of hydrogen-bond donors (Lipinski definition) is 1. The minimum Gasteiger partial charge on any atom is -0.367 e. The number of likely N-dealkylation sites (tertiary alicyclic amines) is 1. The molecule has 41 heavy (non-hydrogen) atoms. The molecule has 1 saturated heterocycles. The van der Waals surface area contributed by atoms with Crippen molar-refractivity contribution >= 4 is 49.6 Å². The molecule has 6 rings (SSSR count). The zero-order valence-corrected chi connectivity index (χ0v) is 24.1. The van der Waals surface area contributed by atoms with Crippen LogP contribution in [0.3, 0.4) is 0 Å². The highest BCUT2D eigenvalue weighted by molar-refractivity contribution is 7.18. The predicted molar refractivity (Wildman–Crippen MR) is 154 cm³/mol. The number of hydrogen-bond acceptors (Lipinski definition) is 9. The molecule has 0 spiro atoms. The van der Waals surface area contributed by atoms with E-state index < -0.39 is 12.6 Å². The molecule has 0 bridgehead atoms. The molecule has 5 heterocycles. The van der Waals surface area contributed by atoms with Gasteiger partial charge in [-0.3, -0.25) is 4.90 Å². The van der Waals surface area contributed by atoms with Gasteiger partial charge in [-0.25, -0.2) is 9.97 Å². The van der Waals surface area contributed by atoms with E-state index in [1.165, 1.54) is 28.8 Å². The number of nitriles is 1.